The molecule has 0 saturated heterocycles. The summed E-state index contributed by atoms with van der Waals surface area (Å²) >= 11 is 0. The predicted octanol–water partition coefficient (Wildman–Crippen LogP) is 1.81. The van der Waals surface area contributed by atoms with Crippen LogP contribution in [0.4, 0.5) is 0 Å². The Balaban J connectivity index is -0.000000232. The second-order valence-electron chi connectivity index (χ2n) is 4.61. The third-order valence-corrected chi connectivity index (χ3v) is 2.97. The van der Waals surface area contributed by atoms with Crippen LogP contribution in [0.5, 0.6) is 0 Å². The minimum absolute atomic E-state index is 0. The fourth-order valence-corrected chi connectivity index (χ4v) is 1.60. The Bertz CT molecular complexity index is 250. The van der Waals surface area contributed by atoms with Crippen LogP contribution < -0.4 is 12.4 Å². The van der Waals surface area contributed by atoms with E-state index in [-0.39, 0.29) is 34.1 Å². The Morgan fingerprint density at radius 2 is 1.57 bits per heavy atom. The Labute approximate surface area is 152 Å². The van der Waals surface area contributed by atoms with Gasteiger partial charge in [-0.15, -0.1) is 12.8 Å². The second-order valence-corrected chi connectivity index (χ2v) is 4.61. The maximum Gasteiger partial charge on any atom is 3.00 e. The summed E-state index contributed by atoms with van der Waals surface area (Å²) in [5, 5.41) is 8.75. The molecule has 1 N–H and O–H groups in total. The van der Waals surface area contributed by atoms with E-state index in [0.29, 0.717) is 12.5 Å². The molecule has 0 spiro atoms. The second kappa shape index (κ2) is 22.2. The molecule has 117 valence electrons. The smallest absolute Gasteiger partial charge is 1.00 e. The zero-order valence-corrected chi connectivity index (χ0v) is 15.6. The van der Waals surface area contributed by atoms with E-state index in [1.165, 1.54) is 19.3 Å². The number of aliphatic hydroxyl groups is 1. The first-order valence-corrected chi connectivity index (χ1v) is 7.39. The van der Waals surface area contributed by atoms with Crippen molar-refractivity contribution < 1.29 is 39.2 Å². The van der Waals surface area contributed by atoms with Gasteiger partial charge in [-0.2, -0.15) is 12.2 Å². The van der Waals surface area contributed by atoms with E-state index in [0.717, 1.165) is 19.3 Å². The summed E-state index contributed by atoms with van der Waals surface area (Å²) < 4.78 is 0. The number of rotatable bonds is 5. The van der Waals surface area contributed by atoms with Crippen molar-refractivity contribution in [2.45, 2.75) is 52.4 Å². The van der Waals surface area contributed by atoms with E-state index < -0.39 is 0 Å². The fraction of sp³-hybridized carbons (Fsp3) is 0.556. The molecule has 0 fully saturated rings. The number of allylic oxidation sites excluding steroid dienone is 8. The molecule has 0 amide bonds. The van der Waals surface area contributed by atoms with Crippen LogP contribution in [-0.2, 0) is 21.7 Å². The standard InChI is InChI=1S/C8H18O.2C5H5.ClH.Ti/c1-3-5-6-8(4-2)7-9;2*1-2-4-5-3-1;;/h8-9H,3-7H2,1-2H3;2*1-3H,4H2;1H;/q;2*-1;;+3/p-1. The molecule has 1 atom stereocenters. The molecule has 2 aliphatic carbocycles. The summed E-state index contributed by atoms with van der Waals surface area (Å²) in [7, 11) is 0. The van der Waals surface area contributed by atoms with Crippen LogP contribution in [0.1, 0.15) is 52.4 Å². The van der Waals surface area contributed by atoms with Crippen LogP contribution in [0, 0.1) is 18.1 Å². The molecule has 0 aliphatic heterocycles. The van der Waals surface area contributed by atoms with Gasteiger partial charge in [0, 0.05) is 6.61 Å². The van der Waals surface area contributed by atoms with Crippen molar-refractivity contribution in [1.82, 2.24) is 0 Å². The molecule has 1 radical (unpaired) electrons. The van der Waals surface area contributed by atoms with Crippen molar-refractivity contribution in [1.29, 1.82) is 0 Å². The molecule has 0 aromatic carbocycles. The Morgan fingerprint density at radius 3 is 1.76 bits per heavy atom. The van der Waals surface area contributed by atoms with Crippen LogP contribution in [0.25, 0.3) is 0 Å². The van der Waals surface area contributed by atoms with Crippen LogP contribution >= 0.6 is 0 Å². The summed E-state index contributed by atoms with van der Waals surface area (Å²) in [6, 6.07) is 0. The zero-order valence-electron chi connectivity index (χ0n) is 13.3. The largest absolute Gasteiger partial charge is 3.00 e. The van der Waals surface area contributed by atoms with Gasteiger partial charge in [-0.1, -0.05) is 33.1 Å². The normalized spacial score (nSPS) is 14.2. The average Bonchev–Trinajstić information content (AvgIpc) is 3.18. The number of unbranched alkanes of at least 4 members (excludes halogenated alkanes) is 1. The first kappa shape index (κ1) is 25.9. The Morgan fingerprint density at radius 1 is 1.05 bits per heavy atom. The molecule has 3 heteroatoms. The van der Waals surface area contributed by atoms with Gasteiger partial charge in [0.05, 0.1) is 0 Å². The third-order valence-electron chi connectivity index (χ3n) is 2.97. The van der Waals surface area contributed by atoms with Gasteiger partial charge < -0.3 is 17.5 Å². The van der Waals surface area contributed by atoms with Gasteiger partial charge in [0.2, 0.25) is 0 Å². The van der Waals surface area contributed by atoms with Gasteiger partial charge in [0.15, 0.2) is 0 Å². The molecule has 2 aliphatic rings. The molecule has 1 nitrogen and oxygen atoms in total. The van der Waals surface area contributed by atoms with Crippen molar-refractivity contribution in [3.63, 3.8) is 0 Å². The third kappa shape index (κ3) is 19.9. The zero-order chi connectivity index (χ0) is 14.2. The molecule has 0 aromatic rings. The molecular weight excluding hydrogens is 316 g/mol. The van der Waals surface area contributed by atoms with Crippen molar-refractivity contribution in [2.75, 3.05) is 6.61 Å². The van der Waals surface area contributed by atoms with E-state index in [9.17, 15) is 0 Å². The van der Waals surface area contributed by atoms with E-state index in [1.807, 2.05) is 24.3 Å². The molecule has 21 heavy (non-hydrogen) atoms. The molecule has 0 bridgehead atoms. The van der Waals surface area contributed by atoms with Crippen molar-refractivity contribution in [3.05, 3.63) is 48.6 Å². The first-order chi connectivity index (χ1) is 9.35. The van der Waals surface area contributed by atoms with E-state index in [2.05, 4.69) is 38.2 Å². The molecule has 0 aromatic heterocycles. The quantitative estimate of drug-likeness (QED) is 0.596. The molecule has 0 heterocycles. The number of halogens is 1. The van der Waals surface area contributed by atoms with Crippen molar-refractivity contribution in [3.8, 4) is 0 Å². The molecule has 0 saturated carbocycles. The predicted molar refractivity (Wildman–Crippen MR) is 83.5 cm³/mol. The summed E-state index contributed by atoms with van der Waals surface area (Å²) in [5.74, 6) is 0.560. The minimum atomic E-state index is 0. The Hall–Kier alpha value is -0.0757. The average molecular weight is 344 g/mol. The van der Waals surface area contributed by atoms with Gasteiger partial charge >= 0.3 is 21.7 Å². The van der Waals surface area contributed by atoms with E-state index >= 15 is 0 Å². The number of hydrogen-bond donors (Lipinski definition) is 1. The van der Waals surface area contributed by atoms with Crippen LogP contribution in [0.15, 0.2) is 36.5 Å². The van der Waals surface area contributed by atoms with Gasteiger partial charge in [0.1, 0.15) is 0 Å². The van der Waals surface area contributed by atoms with Crippen LogP contribution in [0.3, 0.4) is 0 Å². The summed E-state index contributed by atoms with van der Waals surface area (Å²) in [4.78, 5) is 0. The summed E-state index contributed by atoms with van der Waals surface area (Å²) in [6.45, 7) is 4.69. The SMILES string of the molecule is CCCCC(CC)CO.[C-]1=CC=CC1.[C-]1=CC=CC1.[Cl-].[Ti+3]. The first-order valence-electron chi connectivity index (χ1n) is 7.39. The summed E-state index contributed by atoms with van der Waals surface area (Å²) in [6.07, 6.45) is 24.8. The van der Waals surface area contributed by atoms with Gasteiger partial charge in [-0.05, 0) is 12.3 Å². The summed E-state index contributed by atoms with van der Waals surface area (Å²) in [5.41, 5.74) is 0. The van der Waals surface area contributed by atoms with Crippen molar-refractivity contribution >= 4 is 0 Å². The van der Waals surface area contributed by atoms with E-state index in [4.69, 9.17) is 5.11 Å². The van der Waals surface area contributed by atoms with Crippen molar-refractivity contribution in [2.24, 2.45) is 5.92 Å². The number of aliphatic hydroxyl groups excluding tert-OH is 1. The van der Waals surface area contributed by atoms with E-state index in [1.54, 1.807) is 0 Å². The van der Waals surface area contributed by atoms with Crippen LogP contribution in [0.2, 0.25) is 0 Å². The van der Waals surface area contributed by atoms with Gasteiger partial charge in [0.25, 0.3) is 0 Å². The van der Waals surface area contributed by atoms with Gasteiger partial charge in [-0.3, -0.25) is 12.2 Å². The topological polar surface area (TPSA) is 20.2 Å². The minimum Gasteiger partial charge on any atom is -1.00 e. The molecule has 1 unspecified atom stereocenters. The monoisotopic (exact) mass is 343 g/mol. The molecular formula is C18H28ClOTi. The number of hydrogen-bond acceptors (Lipinski definition) is 1. The maximum atomic E-state index is 8.75. The maximum absolute atomic E-state index is 8.75. The van der Waals surface area contributed by atoms with Crippen LogP contribution in [-0.4, -0.2) is 11.7 Å². The Kier molecular flexibility index (Phi) is 27.3. The fourth-order valence-electron chi connectivity index (χ4n) is 1.60. The van der Waals surface area contributed by atoms with Gasteiger partial charge in [-0.25, -0.2) is 24.3 Å². The molecule has 2 rings (SSSR count).